The first kappa shape index (κ1) is 39.2. The molecule has 2 aliphatic carbocycles. The molecule has 2 aliphatic heterocycles. The van der Waals surface area contributed by atoms with Crippen LogP contribution in [0.15, 0.2) is 82.9 Å². The quantitative estimate of drug-likeness (QED) is 0.0596. The Balaban J connectivity index is 1.42. The van der Waals surface area contributed by atoms with Gasteiger partial charge in [-0.3, -0.25) is 0 Å². The first-order valence-electron chi connectivity index (χ1n) is 19.4. The fraction of sp³-hybridized carbons (Fsp3) is 0.595. The van der Waals surface area contributed by atoms with Crippen LogP contribution in [0.2, 0.25) is 0 Å². The number of allylic oxidation sites excluding steroid dienone is 1. The lowest BCUT2D eigenvalue weighted by Gasteiger charge is -2.58. The normalized spacial score (nSPS) is 28.7. The monoisotopic (exact) mass is 751 g/mol. The Morgan fingerprint density at radius 3 is 2.62 bits per heavy atom. The highest BCUT2D eigenvalue weighted by Gasteiger charge is 2.63. The third kappa shape index (κ3) is 9.24. The van der Waals surface area contributed by atoms with Gasteiger partial charge in [0.1, 0.15) is 11.5 Å². The number of unbranched alkanes of at least 4 members (excludes halogenated alkanes) is 2. The van der Waals surface area contributed by atoms with Gasteiger partial charge < -0.3 is 34.0 Å². The topological polar surface area (TPSA) is 99.0 Å². The molecule has 52 heavy (non-hydrogen) atoms. The van der Waals surface area contributed by atoms with E-state index >= 15 is 0 Å². The van der Waals surface area contributed by atoms with E-state index in [1.54, 1.807) is 11.8 Å². The van der Waals surface area contributed by atoms with Crippen molar-refractivity contribution in [1.82, 2.24) is 0 Å². The number of oxime groups is 1. The summed E-state index contributed by atoms with van der Waals surface area (Å²) in [6.45, 7) is 8.21. The highest BCUT2D eigenvalue weighted by atomic mass is 32.2. The second-order valence-electron chi connectivity index (χ2n) is 14.1. The van der Waals surface area contributed by atoms with E-state index in [9.17, 15) is 10.2 Å². The van der Waals surface area contributed by atoms with E-state index in [-0.39, 0.29) is 48.4 Å². The first-order valence-corrected chi connectivity index (χ1v) is 21.4. The summed E-state index contributed by atoms with van der Waals surface area (Å²) < 4.78 is 26.5. The molecule has 1 saturated heterocycles. The third-order valence-electron chi connectivity index (χ3n) is 10.8. The van der Waals surface area contributed by atoms with E-state index in [1.165, 1.54) is 4.90 Å². The Morgan fingerprint density at radius 1 is 1.04 bits per heavy atom. The Kier molecular flexibility index (Phi) is 14.9. The number of ether oxygens (including phenoxy) is 4. The summed E-state index contributed by atoms with van der Waals surface area (Å²) in [5, 5.41) is 24.5. The van der Waals surface area contributed by atoms with Crippen molar-refractivity contribution in [1.29, 1.82) is 0 Å². The van der Waals surface area contributed by atoms with Gasteiger partial charge in [0.2, 0.25) is 12.1 Å². The molecule has 2 heterocycles. The zero-order chi connectivity index (χ0) is 36.2. The van der Waals surface area contributed by atoms with Gasteiger partial charge in [0.05, 0.1) is 36.7 Å². The van der Waals surface area contributed by atoms with Gasteiger partial charge in [0.25, 0.3) is 0 Å². The molecular formula is C42H57NO7S2. The minimum absolute atomic E-state index is 0.0418. The largest absolute Gasteiger partial charge is 0.493 e. The van der Waals surface area contributed by atoms with E-state index in [0.29, 0.717) is 26.2 Å². The number of fused-ring (bicyclic) bond motifs is 2. The second-order valence-corrected chi connectivity index (χ2v) is 16.8. The SMILES string of the molecule is C=CCO[C@@]12Oc3ccc(OCCSc4ccccc4)cc3[C@H]3[C@H](CCCCO)[C@@H](CCCCO)C=C(C(=NOC4CCCCO4)C[C@@H]1SCC)[C@H]32. The fourth-order valence-corrected chi connectivity index (χ4v) is 10.4. The van der Waals surface area contributed by atoms with Gasteiger partial charge in [-0.05, 0) is 92.0 Å². The minimum atomic E-state index is -0.946. The van der Waals surface area contributed by atoms with Crippen molar-refractivity contribution in [2.45, 2.75) is 99.3 Å². The molecule has 4 aliphatic rings. The van der Waals surface area contributed by atoms with Gasteiger partial charge in [0, 0.05) is 48.2 Å². The molecule has 7 atom stereocenters. The molecule has 0 bridgehead atoms. The molecule has 284 valence electrons. The molecule has 0 amide bonds. The lowest BCUT2D eigenvalue weighted by atomic mass is 9.56. The molecule has 2 fully saturated rings. The molecule has 6 rings (SSSR count). The number of hydrogen-bond acceptors (Lipinski definition) is 10. The number of thioether (sulfide) groups is 2. The third-order valence-corrected chi connectivity index (χ3v) is 13.0. The van der Waals surface area contributed by atoms with Crippen molar-refractivity contribution >= 4 is 29.2 Å². The van der Waals surface area contributed by atoms with Gasteiger partial charge in [-0.2, -0.15) is 11.8 Å². The zero-order valence-corrected chi connectivity index (χ0v) is 32.3. The van der Waals surface area contributed by atoms with Crippen LogP contribution >= 0.6 is 23.5 Å². The molecular weight excluding hydrogens is 695 g/mol. The number of rotatable bonds is 20. The molecule has 2 aromatic carbocycles. The number of aliphatic hydroxyl groups excluding tert-OH is 2. The Hall–Kier alpha value is -2.47. The van der Waals surface area contributed by atoms with Crippen molar-refractivity contribution in [3.05, 3.63) is 78.4 Å². The number of benzene rings is 2. The van der Waals surface area contributed by atoms with Crippen molar-refractivity contribution < 1.29 is 34.0 Å². The Morgan fingerprint density at radius 2 is 1.87 bits per heavy atom. The highest BCUT2D eigenvalue weighted by Crippen LogP contribution is 2.62. The molecule has 0 spiro atoms. The summed E-state index contributed by atoms with van der Waals surface area (Å²) in [4.78, 5) is 7.41. The maximum Gasteiger partial charge on any atom is 0.230 e. The van der Waals surface area contributed by atoms with Crippen molar-refractivity contribution in [2.24, 2.45) is 22.9 Å². The van der Waals surface area contributed by atoms with Gasteiger partial charge in [0.15, 0.2) is 0 Å². The van der Waals surface area contributed by atoms with Gasteiger partial charge >= 0.3 is 0 Å². The zero-order valence-electron chi connectivity index (χ0n) is 30.7. The van der Waals surface area contributed by atoms with Gasteiger partial charge in [-0.25, -0.2) is 0 Å². The van der Waals surface area contributed by atoms with E-state index < -0.39 is 5.79 Å². The standard InChI is InChI=1S/C42H57NO7S2/c1-3-23-48-42-38(51-4-2)29-36(43-50-39-18-10-13-24-47-39)34-27-30(14-8-11-21-44)33(17-9-12-22-45)40(41(34)42)35-28-31(19-20-37(35)49-42)46-25-26-52-32-15-6-5-7-16-32/h3,5-7,15-16,19-20,27-28,30,33,38-41,44-45H,1,4,8-14,17-18,21-26,29H2,2H3/t30-,33+,38-,39?,40+,41+,42+/m0/s1. The highest BCUT2D eigenvalue weighted by molar-refractivity contribution is 8.00. The molecule has 1 saturated carbocycles. The summed E-state index contributed by atoms with van der Waals surface area (Å²) in [5.41, 5.74) is 3.23. The van der Waals surface area contributed by atoms with Crippen molar-refractivity contribution in [3.8, 4) is 11.5 Å². The van der Waals surface area contributed by atoms with Crippen molar-refractivity contribution in [2.75, 3.05) is 44.5 Å². The Bertz CT molecular complexity index is 1480. The molecule has 0 aromatic heterocycles. The van der Waals surface area contributed by atoms with E-state index in [2.05, 4.69) is 56.0 Å². The molecule has 10 heteroatoms. The minimum Gasteiger partial charge on any atom is -0.493 e. The summed E-state index contributed by atoms with van der Waals surface area (Å²) in [6, 6.07) is 16.7. The smallest absolute Gasteiger partial charge is 0.230 e. The Labute approximate surface area is 318 Å². The summed E-state index contributed by atoms with van der Waals surface area (Å²) >= 11 is 3.64. The van der Waals surface area contributed by atoms with E-state index in [4.69, 9.17) is 28.9 Å². The van der Waals surface area contributed by atoms with Crippen LogP contribution in [0.1, 0.15) is 82.6 Å². The summed E-state index contributed by atoms with van der Waals surface area (Å²) in [5.74, 6) is 2.86. The lowest BCUT2D eigenvalue weighted by Crippen LogP contribution is -2.64. The molecule has 8 nitrogen and oxygen atoms in total. The number of hydrogen-bond donors (Lipinski definition) is 2. The molecule has 2 aromatic rings. The lowest BCUT2D eigenvalue weighted by molar-refractivity contribution is -0.223. The first-order chi connectivity index (χ1) is 25.6. The van der Waals surface area contributed by atoms with E-state index in [1.807, 2.05) is 30.0 Å². The van der Waals surface area contributed by atoms with Crippen LogP contribution in [0.3, 0.4) is 0 Å². The average molecular weight is 752 g/mol. The van der Waals surface area contributed by atoms with Crippen LogP contribution in [0.25, 0.3) is 0 Å². The van der Waals surface area contributed by atoms with Crippen LogP contribution in [-0.4, -0.2) is 77.8 Å². The van der Waals surface area contributed by atoms with Gasteiger partial charge in [-0.1, -0.05) is 55.3 Å². The van der Waals surface area contributed by atoms with E-state index in [0.717, 1.165) is 97.6 Å². The maximum absolute atomic E-state index is 9.85. The number of nitrogens with zero attached hydrogens (tertiary/aromatic N) is 1. The summed E-state index contributed by atoms with van der Waals surface area (Å²) in [7, 11) is 0. The van der Waals surface area contributed by atoms with Gasteiger partial charge in [-0.15, -0.1) is 18.3 Å². The predicted molar refractivity (Wildman–Crippen MR) is 210 cm³/mol. The predicted octanol–water partition coefficient (Wildman–Crippen LogP) is 8.77. The average Bonchev–Trinajstić information content (AvgIpc) is 3.18. The van der Waals surface area contributed by atoms with Crippen LogP contribution in [0.5, 0.6) is 11.5 Å². The van der Waals surface area contributed by atoms with Crippen LogP contribution in [-0.2, 0) is 14.3 Å². The van der Waals surface area contributed by atoms with Crippen LogP contribution in [0, 0.1) is 17.8 Å². The maximum atomic E-state index is 9.85. The molecule has 1 unspecified atom stereocenters. The fourth-order valence-electron chi connectivity index (χ4n) is 8.52. The molecule has 2 N–H and O–H groups in total. The van der Waals surface area contributed by atoms with Crippen LogP contribution < -0.4 is 9.47 Å². The van der Waals surface area contributed by atoms with Crippen LogP contribution in [0.4, 0.5) is 0 Å². The van der Waals surface area contributed by atoms with Crippen molar-refractivity contribution in [3.63, 3.8) is 0 Å². The second kappa shape index (κ2) is 19.7. The molecule has 0 radical (unpaired) electrons. The number of aliphatic hydroxyl groups is 2. The summed E-state index contributed by atoms with van der Waals surface area (Å²) in [6.07, 6.45) is 12.8.